The number of hydrogen-bond donors (Lipinski definition) is 1. The van der Waals surface area contributed by atoms with Gasteiger partial charge in [0.25, 0.3) is 0 Å². The number of nitrogens with one attached hydrogen (secondary N) is 1. The van der Waals surface area contributed by atoms with E-state index in [2.05, 4.69) is 17.3 Å². The van der Waals surface area contributed by atoms with E-state index in [1.54, 1.807) is 0 Å². The normalized spacial score (nSPS) is 30.9. The van der Waals surface area contributed by atoms with E-state index < -0.39 is 0 Å². The van der Waals surface area contributed by atoms with Gasteiger partial charge in [-0.1, -0.05) is 0 Å². The van der Waals surface area contributed by atoms with Crippen LogP contribution in [0.1, 0.15) is 32.1 Å². The van der Waals surface area contributed by atoms with Crippen molar-refractivity contribution in [2.45, 2.75) is 44.2 Å². The van der Waals surface area contributed by atoms with E-state index in [0.717, 1.165) is 32.5 Å². The molecule has 3 fully saturated rings. The number of hydrogen-bond acceptors (Lipinski definition) is 4. The summed E-state index contributed by atoms with van der Waals surface area (Å²) in [4.78, 5) is 2.53. The first-order valence-corrected chi connectivity index (χ1v) is 7.87. The van der Waals surface area contributed by atoms with Crippen molar-refractivity contribution in [3.05, 3.63) is 0 Å². The van der Waals surface area contributed by atoms with Crippen LogP contribution in [0.4, 0.5) is 0 Å². The summed E-state index contributed by atoms with van der Waals surface area (Å²) < 4.78 is 11.1. The highest BCUT2D eigenvalue weighted by Gasteiger charge is 2.37. The Balaban J connectivity index is 1.56. The molecule has 1 N–H and O–H groups in total. The van der Waals surface area contributed by atoms with Crippen LogP contribution in [0.3, 0.4) is 0 Å². The van der Waals surface area contributed by atoms with Gasteiger partial charge in [0.1, 0.15) is 0 Å². The van der Waals surface area contributed by atoms with Gasteiger partial charge in [-0.05, 0) is 44.6 Å². The predicted molar refractivity (Wildman–Crippen MR) is 75.4 cm³/mol. The van der Waals surface area contributed by atoms with Crippen LogP contribution >= 0.6 is 0 Å². The molecule has 110 valence electrons. The fourth-order valence-electron chi connectivity index (χ4n) is 3.37. The minimum atomic E-state index is 0.415. The van der Waals surface area contributed by atoms with Crippen molar-refractivity contribution in [1.82, 2.24) is 10.2 Å². The molecule has 2 aliphatic heterocycles. The Morgan fingerprint density at radius 3 is 2.53 bits per heavy atom. The summed E-state index contributed by atoms with van der Waals surface area (Å²) in [6, 6.07) is 1.43. The maximum Gasteiger partial charge on any atom is 0.0622 e. The molecular weight excluding hydrogens is 240 g/mol. The predicted octanol–water partition coefficient (Wildman–Crippen LogP) is 1.26. The Hall–Kier alpha value is -0.160. The molecule has 2 saturated heterocycles. The van der Waals surface area contributed by atoms with Gasteiger partial charge in [0.05, 0.1) is 6.61 Å². The van der Waals surface area contributed by atoms with Crippen molar-refractivity contribution >= 4 is 0 Å². The lowest BCUT2D eigenvalue weighted by Gasteiger charge is -2.41. The van der Waals surface area contributed by atoms with E-state index in [-0.39, 0.29) is 0 Å². The lowest BCUT2D eigenvalue weighted by molar-refractivity contribution is -0.00746. The van der Waals surface area contributed by atoms with Crippen LogP contribution in [0.25, 0.3) is 0 Å². The molecule has 0 aromatic heterocycles. The molecule has 19 heavy (non-hydrogen) atoms. The minimum absolute atomic E-state index is 0.415. The number of rotatable bonds is 6. The molecule has 0 amide bonds. The summed E-state index contributed by atoms with van der Waals surface area (Å²) in [5.74, 6) is 0. The van der Waals surface area contributed by atoms with E-state index in [1.165, 1.54) is 45.2 Å². The SMILES string of the molecule is CN(CC1(CNC2CC2)CCOCC1)C1CCOC1. The zero-order valence-electron chi connectivity index (χ0n) is 12.2. The summed E-state index contributed by atoms with van der Waals surface area (Å²) in [6.45, 7) is 6.07. The lowest BCUT2D eigenvalue weighted by atomic mass is 9.79. The fourth-order valence-corrected chi connectivity index (χ4v) is 3.37. The molecule has 4 heteroatoms. The lowest BCUT2D eigenvalue weighted by Crippen LogP contribution is -2.49. The highest BCUT2D eigenvalue weighted by Crippen LogP contribution is 2.33. The number of nitrogens with zero attached hydrogens (tertiary/aromatic N) is 1. The standard InChI is InChI=1S/C15H28N2O2/c1-17(14-4-7-19-10-14)12-15(5-8-18-9-6-15)11-16-13-2-3-13/h13-14,16H,2-12H2,1H3. The van der Waals surface area contributed by atoms with Crippen molar-refractivity contribution < 1.29 is 9.47 Å². The van der Waals surface area contributed by atoms with E-state index in [1.807, 2.05) is 0 Å². The van der Waals surface area contributed by atoms with Gasteiger partial charge in [-0.25, -0.2) is 0 Å². The number of ether oxygens (including phenoxy) is 2. The molecule has 0 aromatic rings. The first kappa shape index (κ1) is 13.8. The van der Waals surface area contributed by atoms with Crippen LogP contribution in [0.5, 0.6) is 0 Å². The second-order valence-electron chi connectivity index (χ2n) is 6.70. The Morgan fingerprint density at radius 1 is 1.11 bits per heavy atom. The van der Waals surface area contributed by atoms with Gasteiger partial charge < -0.3 is 19.7 Å². The molecule has 2 heterocycles. The van der Waals surface area contributed by atoms with Gasteiger partial charge in [0, 0.05) is 45.0 Å². The third kappa shape index (κ3) is 3.69. The van der Waals surface area contributed by atoms with E-state index in [0.29, 0.717) is 11.5 Å². The summed E-state index contributed by atoms with van der Waals surface area (Å²) in [5, 5.41) is 3.75. The molecule has 3 rings (SSSR count). The molecule has 0 bridgehead atoms. The molecule has 1 unspecified atom stereocenters. The van der Waals surface area contributed by atoms with Gasteiger partial charge >= 0.3 is 0 Å². The largest absolute Gasteiger partial charge is 0.381 e. The minimum Gasteiger partial charge on any atom is -0.381 e. The Bertz CT molecular complexity index is 282. The van der Waals surface area contributed by atoms with Crippen LogP contribution in [-0.4, -0.2) is 63.5 Å². The topological polar surface area (TPSA) is 33.7 Å². The number of likely N-dealkylation sites (N-methyl/N-ethyl adjacent to an activating group) is 1. The van der Waals surface area contributed by atoms with Gasteiger partial charge in [-0.3, -0.25) is 0 Å². The van der Waals surface area contributed by atoms with Crippen LogP contribution in [0.2, 0.25) is 0 Å². The van der Waals surface area contributed by atoms with Crippen molar-refractivity contribution in [2.75, 3.05) is 46.6 Å². The van der Waals surface area contributed by atoms with E-state index >= 15 is 0 Å². The summed E-state index contributed by atoms with van der Waals surface area (Å²) in [5.41, 5.74) is 0.415. The maximum atomic E-state index is 5.58. The first-order valence-electron chi connectivity index (χ1n) is 7.87. The third-order valence-corrected chi connectivity index (χ3v) is 5.01. The molecule has 0 radical (unpaired) electrons. The van der Waals surface area contributed by atoms with E-state index in [9.17, 15) is 0 Å². The zero-order valence-corrected chi connectivity index (χ0v) is 12.2. The van der Waals surface area contributed by atoms with E-state index in [4.69, 9.17) is 9.47 Å². The highest BCUT2D eigenvalue weighted by atomic mass is 16.5. The average molecular weight is 268 g/mol. The quantitative estimate of drug-likeness (QED) is 0.786. The Labute approximate surface area is 116 Å². The molecule has 1 atom stereocenters. The zero-order chi connectivity index (χ0) is 13.1. The van der Waals surface area contributed by atoms with Gasteiger partial charge in [-0.15, -0.1) is 0 Å². The molecule has 1 aliphatic carbocycles. The average Bonchev–Trinajstić information content (AvgIpc) is 3.09. The second-order valence-corrected chi connectivity index (χ2v) is 6.70. The Morgan fingerprint density at radius 2 is 1.89 bits per heavy atom. The molecule has 4 nitrogen and oxygen atoms in total. The fraction of sp³-hybridized carbons (Fsp3) is 1.00. The van der Waals surface area contributed by atoms with Crippen LogP contribution in [0, 0.1) is 5.41 Å². The maximum absolute atomic E-state index is 5.58. The molecule has 0 aromatic carbocycles. The summed E-state index contributed by atoms with van der Waals surface area (Å²) in [7, 11) is 2.27. The van der Waals surface area contributed by atoms with Gasteiger partial charge in [0.2, 0.25) is 0 Å². The monoisotopic (exact) mass is 268 g/mol. The van der Waals surface area contributed by atoms with Crippen LogP contribution in [-0.2, 0) is 9.47 Å². The summed E-state index contributed by atoms with van der Waals surface area (Å²) in [6.07, 6.45) is 6.34. The van der Waals surface area contributed by atoms with Crippen molar-refractivity contribution in [2.24, 2.45) is 5.41 Å². The second kappa shape index (κ2) is 6.08. The molecule has 1 saturated carbocycles. The van der Waals surface area contributed by atoms with Crippen molar-refractivity contribution in [3.63, 3.8) is 0 Å². The van der Waals surface area contributed by atoms with Crippen molar-refractivity contribution in [1.29, 1.82) is 0 Å². The van der Waals surface area contributed by atoms with Crippen LogP contribution in [0.15, 0.2) is 0 Å². The smallest absolute Gasteiger partial charge is 0.0622 e. The Kier molecular flexibility index (Phi) is 4.42. The van der Waals surface area contributed by atoms with Crippen molar-refractivity contribution in [3.8, 4) is 0 Å². The highest BCUT2D eigenvalue weighted by molar-refractivity contribution is 4.92. The van der Waals surface area contributed by atoms with Crippen LogP contribution < -0.4 is 5.32 Å². The molecule has 3 aliphatic rings. The van der Waals surface area contributed by atoms with Gasteiger partial charge in [-0.2, -0.15) is 0 Å². The third-order valence-electron chi connectivity index (χ3n) is 5.01. The van der Waals surface area contributed by atoms with Gasteiger partial charge in [0.15, 0.2) is 0 Å². The molecular formula is C15H28N2O2. The summed E-state index contributed by atoms with van der Waals surface area (Å²) >= 11 is 0. The first-order chi connectivity index (χ1) is 9.27. The molecule has 0 spiro atoms.